The Balaban J connectivity index is 3.71. The second-order valence-corrected chi connectivity index (χ2v) is 5.76. The maximum absolute atomic E-state index is 13.4. The molecule has 0 aliphatic heterocycles. The Hall–Kier alpha value is -1.35. The van der Waals surface area contributed by atoms with E-state index < -0.39 is 48.7 Å². The molecule has 106 valence electrons. The molecule has 1 aromatic rings. The first-order valence-electron chi connectivity index (χ1n) is 4.71. The molecule has 1 aromatic carbocycles. The van der Waals surface area contributed by atoms with Crippen LogP contribution in [0.1, 0.15) is 17.3 Å². The van der Waals surface area contributed by atoms with Gasteiger partial charge in [0.25, 0.3) is 15.0 Å². The Labute approximate surface area is 109 Å². The van der Waals surface area contributed by atoms with Crippen LogP contribution in [0.25, 0.3) is 0 Å². The van der Waals surface area contributed by atoms with E-state index in [1.54, 1.807) is 0 Å². The van der Waals surface area contributed by atoms with Crippen LogP contribution in [0.5, 0.6) is 0 Å². The highest BCUT2D eigenvalue weighted by atomic mass is 35.7. The number of nitrogens with one attached hydrogen (secondary N) is 1. The van der Waals surface area contributed by atoms with Gasteiger partial charge in [-0.3, -0.25) is 4.79 Å². The number of amides is 1. The molecule has 1 N–H and O–H groups in total. The Kier molecular flexibility index (Phi) is 4.41. The Morgan fingerprint density at radius 2 is 1.53 bits per heavy atom. The molecule has 0 bridgehead atoms. The summed E-state index contributed by atoms with van der Waals surface area (Å²) in [6.45, 7) is 1.34. The molecule has 0 aromatic heterocycles. The average molecular weight is 320 g/mol. The van der Waals surface area contributed by atoms with Crippen molar-refractivity contribution < 1.29 is 30.8 Å². The number of hydrogen-bond donors (Lipinski definition) is 1. The molecule has 1 amide bonds. The second kappa shape index (κ2) is 5.33. The van der Waals surface area contributed by atoms with E-state index in [2.05, 4.69) is 10.7 Å². The van der Waals surface area contributed by atoms with E-state index in [4.69, 9.17) is 0 Å². The van der Waals surface area contributed by atoms with Crippen LogP contribution in [-0.4, -0.2) is 20.9 Å². The van der Waals surface area contributed by atoms with Gasteiger partial charge in [-0.2, -0.15) is 0 Å². The van der Waals surface area contributed by atoms with Crippen molar-refractivity contribution in [1.82, 2.24) is 5.32 Å². The minimum absolute atomic E-state index is 0.0590. The smallest absolute Gasteiger partial charge is 0.267 e. The van der Waals surface area contributed by atoms with Crippen LogP contribution >= 0.6 is 10.7 Å². The largest absolute Gasteiger partial charge is 0.352 e. The molecule has 0 saturated heterocycles. The van der Waals surface area contributed by atoms with Crippen LogP contribution in [0.15, 0.2) is 4.90 Å². The lowest BCUT2D eigenvalue weighted by Gasteiger charge is -2.09. The van der Waals surface area contributed by atoms with Crippen molar-refractivity contribution in [1.29, 1.82) is 0 Å². The molecule has 0 radical (unpaired) electrons. The highest BCUT2D eigenvalue weighted by molar-refractivity contribution is 8.13. The molecular formula is C9H6ClF4NO3S. The molecule has 0 atom stereocenters. The van der Waals surface area contributed by atoms with Crippen molar-refractivity contribution in [3.05, 3.63) is 28.8 Å². The van der Waals surface area contributed by atoms with Gasteiger partial charge in [-0.1, -0.05) is 0 Å². The summed E-state index contributed by atoms with van der Waals surface area (Å²) < 4.78 is 75.3. The molecule has 19 heavy (non-hydrogen) atoms. The molecule has 0 fully saturated rings. The van der Waals surface area contributed by atoms with Gasteiger partial charge in [0.2, 0.25) is 0 Å². The highest BCUT2D eigenvalue weighted by Crippen LogP contribution is 2.29. The van der Waals surface area contributed by atoms with Crippen LogP contribution < -0.4 is 5.32 Å². The van der Waals surface area contributed by atoms with Crippen LogP contribution in [0.2, 0.25) is 0 Å². The molecule has 1 rings (SSSR count). The van der Waals surface area contributed by atoms with E-state index in [-0.39, 0.29) is 6.54 Å². The third-order valence-corrected chi connectivity index (χ3v) is 3.34. The van der Waals surface area contributed by atoms with E-state index in [1.165, 1.54) is 6.92 Å². The summed E-state index contributed by atoms with van der Waals surface area (Å²) in [6.07, 6.45) is 0. The molecule has 10 heteroatoms. The predicted molar refractivity (Wildman–Crippen MR) is 57.3 cm³/mol. The quantitative estimate of drug-likeness (QED) is 0.526. The fourth-order valence-corrected chi connectivity index (χ4v) is 2.29. The SMILES string of the molecule is CCNC(=O)c1c(F)c(F)c(S(=O)(=O)Cl)c(F)c1F. The van der Waals surface area contributed by atoms with Gasteiger partial charge in [0, 0.05) is 17.2 Å². The standard InChI is InChI=1S/C9H6ClF4NO3S/c1-2-15-9(16)3-4(11)6(13)8(19(10,17)18)7(14)5(3)12/h2H2,1H3,(H,15,16). The first-order valence-corrected chi connectivity index (χ1v) is 7.02. The van der Waals surface area contributed by atoms with Gasteiger partial charge in [0.05, 0.1) is 0 Å². The summed E-state index contributed by atoms with van der Waals surface area (Å²) in [6, 6.07) is 0. The third kappa shape index (κ3) is 2.81. The molecule has 0 saturated carbocycles. The van der Waals surface area contributed by atoms with Crippen molar-refractivity contribution in [2.75, 3.05) is 6.54 Å². The van der Waals surface area contributed by atoms with Gasteiger partial charge in [-0.05, 0) is 6.92 Å². The van der Waals surface area contributed by atoms with Gasteiger partial charge in [-0.15, -0.1) is 0 Å². The Morgan fingerprint density at radius 3 is 1.84 bits per heavy atom. The zero-order chi connectivity index (χ0) is 15.0. The summed E-state index contributed by atoms with van der Waals surface area (Å²) in [7, 11) is -0.389. The van der Waals surface area contributed by atoms with E-state index in [1.807, 2.05) is 5.32 Å². The predicted octanol–water partition coefficient (Wildman–Crippen LogP) is 1.92. The number of halogens is 5. The number of rotatable bonds is 3. The molecule has 0 heterocycles. The number of carbonyl (C=O) groups is 1. The first kappa shape index (κ1) is 15.7. The number of benzene rings is 1. The van der Waals surface area contributed by atoms with Gasteiger partial charge >= 0.3 is 0 Å². The van der Waals surface area contributed by atoms with Gasteiger partial charge in [0.1, 0.15) is 5.56 Å². The van der Waals surface area contributed by atoms with Crippen molar-refractivity contribution in [2.24, 2.45) is 0 Å². The minimum Gasteiger partial charge on any atom is -0.352 e. The number of carbonyl (C=O) groups excluding carboxylic acids is 1. The Morgan fingerprint density at radius 1 is 1.11 bits per heavy atom. The molecule has 0 aliphatic rings. The van der Waals surface area contributed by atoms with Crippen LogP contribution in [0.4, 0.5) is 17.6 Å². The maximum Gasteiger partial charge on any atom is 0.267 e. The first-order chi connectivity index (χ1) is 8.62. The molecule has 0 unspecified atom stereocenters. The van der Waals surface area contributed by atoms with Crippen molar-refractivity contribution in [3.8, 4) is 0 Å². The summed E-state index contributed by atoms with van der Waals surface area (Å²) >= 11 is 0. The normalized spacial score (nSPS) is 11.5. The van der Waals surface area contributed by atoms with Gasteiger partial charge < -0.3 is 5.32 Å². The monoisotopic (exact) mass is 319 g/mol. The summed E-state index contributed by atoms with van der Waals surface area (Å²) in [5, 5.41) is 1.92. The zero-order valence-corrected chi connectivity index (χ0v) is 10.8. The van der Waals surface area contributed by atoms with E-state index >= 15 is 0 Å². The van der Waals surface area contributed by atoms with E-state index in [0.717, 1.165) is 0 Å². The summed E-state index contributed by atoms with van der Waals surface area (Å²) in [5.74, 6) is -10.2. The highest BCUT2D eigenvalue weighted by Gasteiger charge is 2.34. The van der Waals surface area contributed by atoms with Crippen molar-refractivity contribution in [2.45, 2.75) is 11.8 Å². The topological polar surface area (TPSA) is 63.2 Å². The Bertz CT molecular complexity index is 618. The molecule has 0 spiro atoms. The lowest BCUT2D eigenvalue weighted by atomic mass is 10.1. The van der Waals surface area contributed by atoms with E-state index in [0.29, 0.717) is 0 Å². The van der Waals surface area contributed by atoms with Crippen molar-refractivity contribution >= 4 is 25.6 Å². The second-order valence-electron chi connectivity index (χ2n) is 3.26. The van der Waals surface area contributed by atoms with Crippen LogP contribution in [-0.2, 0) is 9.05 Å². The molecule has 0 aliphatic carbocycles. The van der Waals surface area contributed by atoms with E-state index in [9.17, 15) is 30.8 Å². The number of hydrogen-bond acceptors (Lipinski definition) is 3. The minimum atomic E-state index is -5.05. The van der Waals surface area contributed by atoms with Gasteiger partial charge in [0.15, 0.2) is 28.2 Å². The molecule has 4 nitrogen and oxygen atoms in total. The maximum atomic E-state index is 13.4. The fourth-order valence-electron chi connectivity index (χ4n) is 1.27. The van der Waals surface area contributed by atoms with Crippen molar-refractivity contribution in [3.63, 3.8) is 0 Å². The summed E-state index contributed by atoms with van der Waals surface area (Å²) in [4.78, 5) is 9.27. The van der Waals surface area contributed by atoms with Crippen LogP contribution in [0, 0.1) is 23.3 Å². The lowest BCUT2D eigenvalue weighted by Crippen LogP contribution is -2.27. The molecular weight excluding hydrogens is 314 g/mol. The van der Waals surface area contributed by atoms with Gasteiger partial charge in [-0.25, -0.2) is 26.0 Å². The lowest BCUT2D eigenvalue weighted by molar-refractivity contribution is 0.0944. The average Bonchev–Trinajstić information content (AvgIpc) is 2.25. The van der Waals surface area contributed by atoms with Crippen LogP contribution in [0.3, 0.4) is 0 Å². The summed E-state index contributed by atoms with van der Waals surface area (Å²) in [5.41, 5.74) is -1.55. The fraction of sp³-hybridized carbons (Fsp3) is 0.222. The third-order valence-electron chi connectivity index (χ3n) is 2.03. The zero-order valence-electron chi connectivity index (χ0n) is 9.23.